The first-order valence-electron chi connectivity index (χ1n) is 8.91. The predicted molar refractivity (Wildman–Crippen MR) is 102 cm³/mol. The molecule has 2 aromatic carbocycles. The number of carbonyl (C=O) groups excluding carboxylic acids is 1. The molecule has 1 aliphatic rings. The Labute approximate surface area is 157 Å². The summed E-state index contributed by atoms with van der Waals surface area (Å²) in [6, 6.07) is 15.7. The maximum absolute atomic E-state index is 12.8. The zero-order valence-corrected chi connectivity index (χ0v) is 15.1. The Kier molecular flexibility index (Phi) is 4.89. The maximum atomic E-state index is 12.8. The van der Waals surface area contributed by atoms with E-state index in [9.17, 15) is 4.79 Å². The Morgan fingerprint density at radius 1 is 1.30 bits per heavy atom. The number of amides is 1. The predicted octanol–water partition coefficient (Wildman–Crippen LogP) is 3.13. The first-order chi connectivity index (χ1) is 13.3. The van der Waals surface area contributed by atoms with E-state index in [1.165, 1.54) is 5.56 Å². The molecule has 1 amide bonds. The van der Waals surface area contributed by atoms with Gasteiger partial charge in [0.25, 0.3) is 5.91 Å². The van der Waals surface area contributed by atoms with Crippen LogP contribution in [0, 0.1) is 0 Å². The van der Waals surface area contributed by atoms with Gasteiger partial charge in [-0.25, -0.2) is 0 Å². The van der Waals surface area contributed by atoms with Crippen LogP contribution in [0.4, 0.5) is 0 Å². The number of rotatable bonds is 5. The second kappa shape index (κ2) is 7.63. The number of aromatic amines is 1. The van der Waals surface area contributed by atoms with Crippen LogP contribution in [0.2, 0.25) is 0 Å². The van der Waals surface area contributed by atoms with Crippen molar-refractivity contribution in [2.45, 2.75) is 12.5 Å². The second-order valence-corrected chi connectivity index (χ2v) is 6.41. The van der Waals surface area contributed by atoms with Crippen molar-refractivity contribution in [2.24, 2.45) is 0 Å². The number of methoxy groups -OCH3 is 1. The van der Waals surface area contributed by atoms with E-state index in [-0.39, 0.29) is 12.0 Å². The molecule has 138 valence electrons. The highest BCUT2D eigenvalue weighted by Crippen LogP contribution is 2.27. The molecule has 1 atom stereocenters. The molecule has 6 heteroatoms. The Morgan fingerprint density at radius 2 is 2.19 bits per heavy atom. The average Bonchev–Trinajstić information content (AvgIpc) is 3.22. The Balaban J connectivity index is 1.50. The summed E-state index contributed by atoms with van der Waals surface area (Å²) in [6.45, 7) is 1.08. The third kappa shape index (κ3) is 3.57. The molecule has 0 aliphatic carbocycles. The molecule has 4 rings (SSSR count). The topological polar surface area (TPSA) is 76.2 Å². The zero-order chi connectivity index (χ0) is 18.6. The molecule has 6 nitrogen and oxygen atoms in total. The lowest BCUT2D eigenvalue weighted by Crippen LogP contribution is -2.31. The van der Waals surface area contributed by atoms with Crippen LogP contribution in [0.5, 0.6) is 5.75 Å². The Morgan fingerprint density at radius 3 is 3.07 bits per heavy atom. The highest BCUT2D eigenvalue weighted by molar-refractivity contribution is 5.99. The molecule has 1 aliphatic heterocycles. The van der Waals surface area contributed by atoms with Crippen molar-refractivity contribution in [3.63, 3.8) is 0 Å². The number of benzene rings is 2. The van der Waals surface area contributed by atoms with E-state index in [1.807, 2.05) is 36.4 Å². The monoisotopic (exact) mass is 363 g/mol. The van der Waals surface area contributed by atoms with Crippen LogP contribution < -0.4 is 10.1 Å². The van der Waals surface area contributed by atoms with E-state index in [1.54, 1.807) is 13.3 Å². The third-order valence-corrected chi connectivity index (χ3v) is 4.78. The van der Waals surface area contributed by atoms with Crippen LogP contribution in [0.15, 0.2) is 54.7 Å². The minimum absolute atomic E-state index is 0.133. The van der Waals surface area contributed by atoms with E-state index < -0.39 is 0 Å². The van der Waals surface area contributed by atoms with Gasteiger partial charge in [0.15, 0.2) is 0 Å². The number of ether oxygens (including phenoxy) is 2. The van der Waals surface area contributed by atoms with Crippen molar-refractivity contribution in [3.8, 4) is 17.0 Å². The number of fused-ring (bicyclic) bond motifs is 1. The Hall–Kier alpha value is -3.12. The van der Waals surface area contributed by atoms with Crippen LogP contribution in [-0.4, -0.2) is 36.4 Å². The molecule has 0 spiro atoms. The standard InChI is InChI=1S/C21H21N3O3/c1-26-16-7-4-6-15(11-16)20-18(12-23-24-20)21(25)22-13-19-17-8-3-2-5-14(17)9-10-27-19/h2-8,11-12,19H,9-10,13H2,1H3,(H,22,25)(H,23,24). The van der Waals surface area contributed by atoms with E-state index in [0.717, 1.165) is 23.3 Å². The number of H-pyrrole nitrogens is 1. The third-order valence-electron chi connectivity index (χ3n) is 4.78. The van der Waals surface area contributed by atoms with Gasteiger partial charge in [0, 0.05) is 12.1 Å². The van der Waals surface area contributed by atoms with Crippen molar-refractivity contribution < 1.29 is 14.3 Å². The summed E-state index contributed by atoms with van der Waals surface area (Å²) in [4.78, 5) is 12.8. The molecule has 0 fully saturated rings. The fraction of sp³-hybridized carbons (Fsp3) is 0.238. The molecule has 1 aromatic heterocycles. The largest absolute Gasteiger partial charge is 0.497 e. The number of hydrogen-bond acceptors (Lipinski definition) is 4. The fourth-order valence-corrected chi connectivity index (χ4v) is 3.38. The van der Waals surface area contributed by atoms with Crippen molar-refractivity contribution in [2.75, 3.05) is 20.3 Å². The second-order valence-electron chi connectivity index (χ2n) is 6.41. The van der Waals surface area contributed by atoms with Crippen molar-refractivity contribution in [1.82, 2.24) is 15.5 Å². The van der Waals surface area contributed by atoms with Gasteiger partial charge in [0.05, 0.1) is 31.2 Å². The minimum Gasteiger partial charge on any atom is -0.497 e. The summed E-state index contributed by atoms with van der Waals surface area (Å²) < 4.78 is 11.1. The molecule has 27 heavy (non-hydrogen) atoms. The molecule has 0 bridgehead atoms. The summed E-state index contributed by atoms with van der Waals surface area (Å²) in [7, 11) is 1.61. The van der Waals surface area contributed by atoms with Crippen LogP contribution in [0.3, 0.4) is 0 Å². The first kappa shape index (κ1) is 17.3. The summed E-state index contributed by atoms with van der Waals surface area (Å²) in [5, 5.41) is 9.94. The molecule has 0 saturated heterocycles. The van der Waals surface area contributed by atoms with Gasteiger partial charge in [-0.3, -0.25) is 9.89 Å². The molecule has 0 saturated carbocycles. The van der Waals surface area contributed by atoms with Gasteiger partial charge < -0.3 is 14.8 Å². The lowest BCUT2D eigenvalue weighted by Gasteiger charge is -2.26. The van der Waals surface area contributed by atoms with E-state index in [2.05, 4.69) is 27.6 Å². The zero-order valence-electron chi connectivity index (χ0n) is 15.1. The number of carbonyl (C=O) groups is 1. The molecular weight excluding hydrogens is 342 g/mol. The van der Waals surface area contributed by atoms with Crippen LogP contribution >= 0.6 is 0 Å². The first-order valence-corrected chi connectivity index (χ1v) is 8.91. The van der Waals surface area contributed by atoms with Gasteiger partial charge in [-0.2, -0.15) is 5.10 Å². The van der Waals surface area contributed by atoms with Gasteiger partial charge in [-0.05, 0) is 29.7 Å². The van der Waals surface area contributed by atoms with E-state index >= 15 is 0 Å². The van der Waals surface area contributed by atoms with Crippen molar-refractivity contribution >= 4 is 5.91 Å². The number of nitrogens with zero attached hydrogens (tertiary/aromatic N) is 1. The van der Waals surface area contributed by atoms with Crippen LogP contribution in [0.1, 0.15) is 27.6 Å². The van der Waals surface area contributed by atoms with E-state index in [4.69, 9.17) is 9.47 Å². The number of hydrogen-bond donors (Lipinski definition) is 2. The SMILES string of the molecule is COc1cccc(-c2[nH]ncc2C(=O)NCC2OCCc3ccccc32)c1. The maximum Gasteiger partial charge on any atom is 0.255 e. The van der Waals surface area contributed by atoms with Gasteiger partial charge in [-0.15, -0.1) is 0 Å². The van der Waals surface area contributed by atoms with E-state index in [0.29, 0.717) is 24.4 Å². The summed E-state index contributed by atoms with van der Waals surface area (Å²) in [5.74, 6) is 0.536. The lowest BCUT2D eigenvalue weighted by molar-refractivity contribution is 0.0411. The number of aromatic nitrogens is 2. The molecular formula is C21H21N3O3. The smallest absolute Gasteiger partial charge is 0.255 e. The van der Waals surface area contributed by atoms with Gasteiger partial charge in [0.2, 0.25) is 0 Å². The van der Waals surface area contributed by atoms with Gasteiger partial charge in [0.1, 0.15) is 11.9 Å². The summed E-state index contributed by atoms with van der Waals surface area (Å²) in [6.07, 6.45) is 2.31. The fourth-order valence-electron chi connectivity index (χ4n) is 3.38. The average molecular weight is 363 g/mol. The van der Waals surface area contributed by atoms with Crippen LogP contribution in [-0.2, 0) is 11.2 Å². The quantitative estimate of drug-likeness (QED) is 0.730. The summed E-state index contributed by atoms with van der Waals surface area (Å²) in [5.41, 5.74) is 4.42. The van der Waals surface area contributed by atoms with Crippen LogP contribution in [0.25, 0.3) is 11.3 Å². The van der Waals surface area contributed by atoms with Gasteiger partial charge in [-0.1, -0.05) is 36.4 Å². The molecule has 2 N–H and O–H groups in total. The normalized spacial score (nSPS) is 15.8. The highest BCUT2D eigenvalue weighted by Gasteiger charge is 2.22. The molecule has 1 unspecified atom stereocenters. The number of nitrogens with one attached hydrogen (secondary N) is 2. The molecule has 3 aromatic rings. The van der Waals surface area contributed by atoms with Crippen molar-refractivity contribution in [1.29, 1.82) is 0 Å². The lowest BCUT2D eigenvalue weighted by atomic mass is 9.97. The Bertz CT molecular complexity index is 951. The van der Waals surface area contributed by atoms with Crippen molar-refractivity contribution in [3.05, 3.63) is 71.4 Å². The highest BCUT2D eigenvalue weighted by atomic mass is 16.5. The molecule has 0 radical (unpaired) electrons. The molecule has 2 heterocycles. The van der Waals surface area contributed by atoms with Gasteiger partial charge >= 0.3 is 0 Å². The minimum atomic E-state index is -0.187. The summed E-state index contributed by atoms with van der Waals surface area (Å²) >= 11 is 0.